The first kappa shape index (κ1) is 11.4. The van der Waals surface area contributed by atoms with Crippen LogP contribution in [0.3, 0.4) is 0 Å². The van der Waals surface area contributed by atoms with Gasteiger partial charge in [-0.1, -0.05) is 0 Å². The quantitative estimate of drug-likeness (QED) is 0.334. The normalized spacial score (nSPS) is 7.62. The average Bonchev–Trinajstić information content (AvgIpc) is 1.61. The molecule has 0 unspecified atom stereocenters. The number of rotatable bonds is 3. The fraction of sp³-hybridized carbons (Fsp3) is 0.667. The molecule has 0 radical (unpaired) electrons. The summed E-state index contributed by atoms with van der Waals surface area (Å²) in [6.07, 6.45) is 0. The zero-order valence-corrected chi connectivity index (χ0v) is 6.63. The molecule has 0 saturated heterocycles. The van der Waals surface area contributed by atoms with Gasteiger partial charge in [0.15, 0.2) is 0 Å². The molecule has 0 bridgehead atoms. The number of carboxylic acids is 1. The van der Waals surface area contributed by atoms with Crippen LogP contribution in [-0.4, -0.2) is 67.2 Å². The van der Waals surface area contributed by atoms with E-state index in [1.165, 1.54) is 0 Å². The Bertz CT molecular complexity index is 74.8. The summed E-state index contributed by atoms with van der Waals surface area (Å²) in [5.41, 5.74) is 0. The molecule has 4 nitrogen and oxygen atoms in total. The van der Waals surface area contributed by atoms with E-state index < -0.39 is 5.97 Å². The number of carbonyl (C=O) groups is 1. The van der Waals surface area contributed by atoms with Gasteiger partial charge in [-0.25, -0.2) is 0 Å². The third-order valence-corrected chi connectivity index (χ3v) is 0.388. The number of aliphatic hydroxyl groups is 1. The first-order valence-electron chi connectivity index (χ1n) is 1.80. The second-order valence-corrected chi connectivity index (χ2v) is 0.979. The fourth-order valence-corrected chi connectivity index (χ4v) is 0.163. The van der Waals surface area contributed by atoms with Crippen molar-refractivity contribution in [2.45, 2.75) is 0 Å². The summed E-state index contributed by atoms with van der Waals surface area (Å²) in [6, 6.07) is 0. The molecule has 0 fully saturated rings. The Morgan fingerprint density at radius 1 is 1.75 bits per heavy atom. The molecule has 0 saturated carbocycles. The van der Waals surface area contributed by atoms with Crippen molar-refractivity contribution in [3.8, 4) is 0 Å². The molecule has 46 valence electrons. The first-order valence-corrected chi connectivity index (χ1v) is 1.80. The van der Waals surface area contributed by atoms with Crippen molar-refractivity contribution in [3.63, 3.8) is 0 Å². The molecule has 0 aliphatic heterocycles. The van der Waals surface area contributed by atoms with Crippen LogP contribution in [-0.2, 0) is 4.79 Å². The molecule has 0 rings (SSSR count). The predicted molar refractivity (Wildman–Crippen MR) is 30.7 cm³/mol. The Balaban J connectivity index is -0.0000000600. The van der Waals surface area contributed by atoms with Crippen molar-refractivity contribution >= 4 is 43.7 Å². The predicted octanol–water partition coefficient (Wildman–Crippen LogP) is -1.55. The molecular formula is C3H9CaNO3. The maximum Gasteiger partial charge on any atom is 2.00 e. The van der Waals surface area contributed by atoms with Gasteiger partial charge in [-0.2, -0.15) is 0 Å². The monoisotopic (exact) mass is 147 g/mol. The Kier molecular flexibility index (Phi) is 10.9. The molecule has 3 N–H and O–H groups in total. The van der Waals surface area contributed by atoms with Crippen LogP contribution in [0.15, 0.2) is 0 Å². The first-order chi connectivity index (χ1) is 3.27. The second-order valence-electron chi connectivity index (χ2n) is 0.979. The van der Waals surface area contributed by atoms with Gasteiger partial charge >= 0.3 is 43.7 Å². The summed E-state index contributed by atoms with van der Waals surface area (Å²) in [6.45, 7) is -0.469. The molecule has 5 heteroatoms. The van der Waals surface area contributed by atoms with Crippen LogP contribution in [0.1, 0.15) is 2.85 Å². The molecular weight excluding hydrogens is 138 g/mol. The van der Waals surface area contributed by atoms with Gasteiger partial charge in [-0.05, 0) is 0 Å². The summed E-state index contributed by atoms with van der Waals surface area (Å²) in [5, 5.41) is 18.0. The van der Waals surface area contributed by atoms with Crippen LogP contribution in [0.5, 0.6) is 0 Å². The van der Waals surface area contributed by atoms with Crippen LogP contribution in [0.25, 0.3) is 0 Å². The zero-order valence-electron chi connectivity index (χ0n) is 6.42. The molecule has 8 heavy (non-hydrogen) atoms. The maximum atomic E-state index is 9.58. The third kappa shape index (κ3) is 9.82. The minimum Gasteiger partial charge on any atom is -1.00 e. The van der Waals surface area contributed by atoms with E-state index in [1.54, 1.807) is 0 Å². The molecule has 0 atom stereocenters. The van der Waals surface area contributed by atoms with E-state index in [9.17, 15) is 4.79 Å². The van der Waals surface area contributed by atoms with Gasteiger partial charge in [0.2, 0.25) is 0 Å². The van der Waals surface area contributed by atoms with Crippen LogP contribution >= 0.6 is 0 Å². The van der Waals surface area contributed by atoms with Gasteiger partial charge in [0.1, 0.15) is 0 Å². The molecule has 0 aromatic carbocycles. The second kappa shape index (κ2) is 7.65. The molecule has 0 aromatic rings. The minimum atomic E-state index is -0.964. The van der Waals surface area contributed by atoms with Crippen LogP contribution in [0, 0.1) is 0 Å². The van der Waals surface area contributed by atoms with Crippen molar-refractivity contribution in [2.75, 3.05) is 13.3 Å². The topological polar surface area (TPSA) is 69.6 Å². The summed E-state index contributed by atoms with van der Waals surface area (Å²) in [5.74, 6) is -0.964. The maximum absolute atomic E-state index is 9.58. The van der Waals surface area contributed by atoms with Gasteiger partial charge < -0.3 is 13.1 Å². The van der Waals surface area contributed by atoms with Gasteiger partial charge in [0.25, 0.3) is 0 Å². The van der Waals surface area contributed by atoms with Crippen molar-refractivity contribution in [1.29, 1.82) is 0 Å². The van der Waals surface area contributed by atoms with Gasteiger partial charge in [0, 0.05) is 0 Å². The van der Waals surface area contributed by atoms with E-state index >= 15 is 0 Å². The van der Waals surface area contributed by atoms with Crippen LogP contribution in [0.4, 0.5) is 0 Å². The fourth-order valence-electron chi connectivity index (χ4n) is 0.163. The van der Waals surface area contributed by atoms with Crippen LogP contribution < -0.4 is 5.32 Å². The molecule has 0 aliphatic rings. The van der Waals surface area contributed by atoms with E-state index in [0.29, 0.717) is 0 Å². The van der Waals surface area contributed by atoms with Gasteiger partial charge in [-0.3, -0.25) is 10.1 Å². The Labute approximate surface area is 79.9 Å². The smallest absolute Gasteiger partial charge is 1.00 e. The van der Waals surface area contributed by atoms with Crippen molar-refractivity contribution in [3.05, 3.63) is 0 Å². The summed E-state index contributed by atoms with van der Waals surface area (Å²) < 4.78 is 0. The summed E-state index contributed by atoms with van der Waals surface area (Å²) >= 11 is 0. The van der Waals surface area contributed by atoms with Crippen LogP contribution in [0.2, 0.25) is 0 Å². The average molecular weight is 147 g/mol. The minimum absolute atomic E-state index is 0. The standard InChI is InChI=1S/C3H7NO3.Ca.2H/c5-2-4-1-3(6)7;;;/h4-5H,1-2H2,(H,6,7);;;/q;+2;2*-1. The van der Waals surface area contributed by atoms with Gasteiger partial charge in [-0.15, -0.1) is 0 Å². The molecule has 0 spiro atoms. The van der Waals surface area contributed by atoms with Crippen molar-refractivity contribution in [1.82, 2.24) is 5.32 Å². The number of aliphatic hydroxyl groups excluding tert-OH is 1. The van der Waals surface area contributed by atoms with E-state index in [4.69, 9.17) is 10.2 Å². The molecule has 0 amide bonds. The van der Waals surface area contributed by atoms with Crippen molar-refractivity contribution < 1.29 is 17.9 Å². The number of hydrogen-bond acceptors (Lipinski definition) is 3. The molecule has 0 aliphatic carbocycles. The third-order valence-electron chi connectivity index (χ3n) is 0.388. The molecule has 0 aromatic heterocycles. The number of aliphatic carboxylic acids is 1. The Morgan fingerprint density at radius 2 is 2.25 bits per heavy atom. The Hall–Kier alpha value is 0.650. The largest absolute Gasteiger partial charge is 2.00 e. The summed E-state index contributed by atoms with van der Waals surface area (Å²) in [4.78, 5) is 9.58. The number of hydrogen-bond donors (Lipinski definition) is 3. The van der Waals surface area contributed by atoms with Crippen molar-refractivity contribution in [2.24, 2.45) is 0 Å². The van der Waals surface area contributed by atoms with E-state index in [0.717, 1.165) is 0 Å². The van der Waals surface area contributed by atoms with Gasteiger partial charge in [0.05, 0.1) is 13.3 Å². The number of nitrogens with one attached hydrogen (secondary N) is 1. The molecule has 0 heterocycles. The van der Waals surface area contributed by atoms with E-state index in [-0.39, 0.29) is 53.9 Å². The number of carboxylic acid groups (broad SMARTS) is 1. The summed E-state index contributed by atoms with van der Waals surface area (Å²) in [7, 11) is 0. The zero-order chi connectivity index (χ0) is 5.70. The Morgan fingerprint density at radius 3 is 2.38 bits per heavy atom. The van der Waals surface area contributed by atoms with E-state index in [2.05, 4.69) is 5.32 Å². The van der Waals surface area contributed by atoms with E-state index in [1.807, 2.05) is 0 Å². The SMILES string of the molecule is O=C(O)CNCO.[Ca+2].[H-].[H-].